The molecular formula is C26H37N5O. The van der Waals surface area contributed by atoms with Crippen molar-refractivity contribution in [1.29, 1.82) is 0 Å². The van der Waals surface area contributed by atoms with Gasteiger partial charge in [-0.25, -0.2) is 4.68 Å². The van der Waals surface area contributed by atoms with Crippen molar-refractivity contribution < 1.29 is 4.79 Å². The highest BCUT2D eigenvalue weighted by atomic mass is 16.2. The van der Waals surface area contributed by atoms with Crippen LogP contribution >= 0.6 is 0 Å². The van der Waals surface area contributed by atoms with Crippen LogP contribution in [-0.4, -0.2) is 64.8 Å². The van der Waals surface area contributed by atoms with Crippen molar-refractivity contribution in [2.45, 2.75) is 57.3 Å². The van der Waals surface area contributed by atoms with Gasteiger partial charge < -0.3 is 10.2 Å². The quantitative estimate of drug-likeness (QED) is 0.705. The molecule has 0 radical (unpaired) electrons. The monoisotopic (exact) mass is 435 g/mol. The van der Waals surface area contributed by atoms with Crippen molar-refractivity contribution in [2.75, 3.05) is 44.6 Å². The molecule has 0 spiro atoms. The van der Waals surface area contributed by atoms with Gasteiger partial charge in [-0.3, -0.25) is 9.69 Å². The van der Waals surface area contributed by atoms with Crippen LogP contribution < -0.4 is 5.32 Å². The summed E-state index contributed by atoms with van der Waals surface area (Å²) in [5, 5.41) is 7.97. The van der Waals surface area contributed by atoms with Gasteiger partial charge in [-0.1, -0.05) is 37.5 Å². The van der Waals surface area contributed by atoms with E-state index in [1.807, 2.05) is 35.0 Å². The van der Waals surface area contributed by atoms with Crippen LogP contribution in [0.2, 0.25) is 0 Å². The summed E-state index contributed by atoms with van der Waals surface area (Å²) in [5.74, 6) is 2.29. The van der Waals surface area contributed by atoms with Crippen LogP contribution in [0, 0.1) is 5.92 Å². The Kier molecular flexibility index (Phi) is 6.89. The van der Waals surface area contributed by atoms with Crippen molar-refractivity contribution in [1.82, 2.24) is 19.6 Å². The number of hydrogen-bond acceptors (Lipinski definition) is 4. The van der Waals surface area contributed by atoms with Crippen LogP contribution in [0.3, 0.4) is 0 Å². The molecule has 1 aromatic heterocycles. The Morgan fingerprint density at radius 3 is 2.44 bits per heavy atom. The third-order valence-corrected chi connectivity index (χ3v) is 7.28. The van der Waals surface area contributed by atoms with Gasteiger partial charge in [-0.2, -0.15) is 5.10 Å². The zero-order valence-electron chi connectivity index (χ0n) is 19.2. The molecule has 2 aliphatic carbocycles. The first kappa shape index (κ1) is 21.7. The van der Waals surface area contributed by atoms with E-state index in [4.69, 9.17) is 5.10 Å². The smallest absolute Gasteiger partial charge is 0.239 e. The van der Waals surface area contributed by atoms with E-state index >= 15 is 0 Å². The fourth-order valence-electron chi connectivity index (χ4n) is 5.32. The molecule has 0 atom stereocenters. The average Bonchev–Trinajstić information content (AvgIpc) is 3.61. The SMILES string of the molecule is O=C(CN1CCCN(CC2CCCCC2)CC1)Nc1cc(C2CC2)nn1-c1ccccc1. The number of anilines is 1. The highest BCUT2D eigenvalue weighted by Crippen LogP contribution is 2.40. The molecule has 2 saturated carbocycles. The van der Waals surface area contributed by atoms with E-state index in [2.05, 4.69) is 21.2 Å². The molecule has 1 N–H and O–H groups in total. The number of hydrogen-bond donors (Lipinski definition) is 1. The Hall–Kier alpha value is -2.18. The molecular weight excluding hydrogens is 398 g/mol. The number of carbonyl (C=O) groups is 1. The maximum absolute atomic E-state index is 13.0. The zero-order chi connectivity index (χ0) is 21.8. The van der Waals surface area contributed by atoms with Gasteiger partial charge in [0.25, 0.3) is 0 Å². The lowest BCUT2D eigenvalue weighted by Gasteiger charge is -2.28. The number of benzene rings is 1. The van der Waals surface area contributed by atoms with Crippen molar-refractivity contribution >= 4 is 11.7 Å². The molecule has 0 unspecified atom stereocenters. The molecule has 1 saturated heterocycles. The van der Waals surface area contributed by atoms with Crippen LogP contribution in [0.4, 0.5) is 5.82 Å². The maximum atomic E-state index is 13.0. The fourth-order valence-corrected chi connectivity index (χ4v) is 5.32. The van der Waals surface area contributed by atoms with Crippen LogP contribution in [0.25, 0.3) is 5.69 Å². The minimum Gasteiger partial charge on any atom is -0.309 e. The standard InChI is InChI=1S/C26H37N5O/c32-26(20-30-15-7-14-29(16-17-30)19-21-8-3-1-4-9-21)27-25-18-24(22-12-13-22)28-31(25)23-10-5-2-6-11-23/h2,5-6,10-11,18,21-22H,1,3-4,7-9,12-17,19-20H2,(H,27,32). The van der Waals surface area contributed by atoms with Crippen LogP contribution in [0.15, 0.2) is 36.4 Å². The number of rotatable bonds is 7. The van der Waals surface area contributed by atoms with Crippen molar-refractivity contribution in [3.63, 3.8) is 0 Å². The van der Waals surface area contributed by atoms with E-state index in [1.165, 1.54) is 58.0 Å². The van der Waals surface area contributed by atoms with Gasteiger partial charge in [-0.05, 0) is 63.2 Å². The normalized spacial score (nSPS) is 21.4. The van der Waals surface area contributed by atoms with Crippen molar-refractivity contribution in [2.24, 2.45) is 5.92 Å². The molecule has 1 aliphatic heterocycles. The predicted octanol–water partition coefficient (Wildman–Crippen LogP) is 4.28. The number of para-hydroxylation sites is 1. The van der Waals surface area contributed by atoms with Crippen LogP contribution in [-0.2, 0) is 4.79 Å². The average molecular weight is 436 g/mol. The van der Waals surface area contributed by atoms with E-state index in [9.17, 15) is 4.79 Å². The molecule has 32 heavy (non-hydrogen) atoms. The Morgan fingerprint density at radius 1 is 0.906 bits per heavy atom. The second-order valence-electron chi connectivity index (χ2n) is 9.96. The number of aromatic nitrogens is 2. The Labute approximate surface area is 192 Å². The van der Waals surface area contributed by atoms with Gasteiger partial charge in [-0.15, -0.1) is 0 Å². The summed E-state index contributed by atoms with van der Waals surface area (Å²) in [7, 11) is 0. The molecule has 3 fully saturated rings. The number of amides is 1. The van der Waals surface area contributed by atoms with E-state index in [1.54, 1.807) is 0 Å². The topological polar surface area (TPSA) is 53.4 Å². The van der Waals surface area contributed by atoms with E-state index in [0.717, 1.165) is 49.2 Å². The minimum absolute atomic E-state index is 0.0603. The summed E-state index contributed by atoms with van der Waals surface area (Å²) in [4.78, 5) is 17.9. The summed E-state index contributed by atoms with van der Waals surface area (Å²) < 4.78 is 1.89. The highest BCUT2D eigenvalue weighted by molar-refractivity contribution is 5.91. The largest absolute Gasteiger partial charge is 0.309 e. The second kappa shape index (κ2) is 10.2. The summed E-state index contributed by atoms with van der Waals surface area (Å²) in [6, 6.07) is 12.2. The molecule has 6 nitrogen and oxygen atoms in total. The summed E-state index contributed by atoms with van der Waals surface area (Å²) in [5.41, 5.74) is 2.08. The lowest BCUT2D eigenvalue weighted by Crippen LogP contribution is -2.37. The van der Waals surface area contributed by atoms with Gasteiger partial charge in [0.1, 0.15) is 5.82 Å². The Balaban J connectivity index is 1.17. The molecule has 6 heteroatoms. The summed E-state index contributed by atoms with van der Waals surface area (Å²) >= 11 is 0. The molecule has 1 amide bonds. The molecule has 2 heterocycles. The minimum atomic E-state index is 0.0603. The Morgan fingerprint density at radius 2 is 1.66 bits per heavy atom. The fraction of sp³-hybridized carbons (Fsp3) is 0.615. The zero-order valence-corrected chi connectivity index (χ0v) is 19.2. The molecule has 3 aliphatic rings. The lowest BCUT2D eigenvalue weighted by atomic mass is 9.89. The van der Waals surface area contributed by atoms with Gasteiger partial charge in [0, 0.05) is 31.6 Å². The third-order valence-electron chi connectivity index (χ3n) is 7.28. The van der Waals surface area contributed by atoms with E-state index in [0.29, 0.717) is 12.5 Å². The first-order valence-electron chi connectivity index (χ1n) is 12.6. The van der Waals surface area contributed by atoms with E-state index < -0.39 is 0 Å². The second-order valence-corrected chi connectivity index (χ2v) is 9.96. The molecule has 1 aromatic carbocycles. The number of nitrogens with zero attached hydrogens (tertiary/aromatic N) is 4. The number of carbonyl (C=O) groups excluding carboxylic acids is 1. The molecule has 172 valence electrons. The van der Waals surface area contributed by atoms with Gasteiger partial charge in [0.05, 0.1) is 17.9 Å². The Bertz CT molecular complexity index is 885. The van der Waals surface area contributed by atoms with Crippen LogP contribution in [0.5, 0.6) is 0 Å². The summed E-state index contributed by atoms with van der Waals surface area (Å²) in [6.45, 7) is 5.93. The van der Waals surface area contributed by atoms with Gasteiger partial charge in [0.2, 0.25) is 5.91 Å². The van der Waals surface area contributed by atoms with Gasteiger partial charge in [0.15, 0.2) is 0 Å². The molecule has 5 rings (SSSR count). The number of nitrogens with one attached hydrogen (secondary N) is 1. The van der Waals surface area contributed by atoms with Crippen LogP contribution in [0.1, 0.15) is 63.0 Å². The van der Waals surface area contributed by atoms with Gasteiger partial charge >= 0.3 is 0 Å². The van der Waals surface area contributed by atoms with E-state index in [-0.39, 0.29) is 5.91 Å². The van der Waals surface area contributed by atoms with Crippen molar-refractivity contribution in [3.05, 3.63) is 42.1 Å². The highest BCUT2D eigenvalue weighted by Gasteiger charge is 2.28. The maximum Gasteiger partial charge on any atom is 0.239 e. The third kappa shape index (κ3) is 5.59. The first-order chi connectivity index (χ1) is 15.7. The van der Waals surface area contributed by atoms with Crippen molar-refractivity contribution in [3.8, 4) is 5.69 Å². The molecule has 2 aromatic rings. The lowest BCUT2D eigenvalue weighted by molar-refractivity contribution is -0.117. The summed E-state index contributed by atoms with van der Waals surface area (Å²) in [6.07, 6.45) is 10.6. The molecule has 0 bridgehead atoms. The first-order valence-corrected chi connectivity index (χ1v) is 12.6. The predicted molar refractivity (Wildman–Crippen MR) is 128 cm³/mol.